The van der Waals surface area contributed by atoms with Crippen molar-refractivity contribution >= 4 is 0 Å². The molecule has 0 radical (unpaired) electrons. The van der Waals surface area contributed by atoms with E-state index in [-0.39, 0.29) is 0 Å². The van der Waals surface area contributed by atoms with Crippen LogP contribution >= 0.6 is 0 Å². The van der Waals surface area contributed by atoms with Crippen LogP contribution in [0.15, 0.2) is 10.6 Å². The largest absolute Gasteiger partial charge is 0.358 e. The first kappa shape index (κ1) is 5.28. The number of halogens is 1. The SMILES string of the molecule is CCc1cc(F)no1. The Bertz CT molecular complexity index is 173. The molecule has 0 aliphatic rings. The molecule has 0 aliphatic heterocycles. The molecular formula is C5H6FNO. The maximum absolute atomic E-state index is 11.9. The summed E-state index contributed by atoms with van der Waals surface area (Å²) in [5, 5.41) is 3.05. The van der Waals surface area contributed by atoms with E-state index in [1.807, 2.05) is 6.92 Å². The molecule has 0 N–H and O–H groups in total. The Morgan fingerprint density at radius 1 is 1.88 bits per heavy atom. The Morgan fingerprint density at radius 2 is 2.62 bits per heavy atom. The summed E-state index contributed by atoms with van der Waals surface area (Å²) in [6.07, 6.45) is 0.691. The summed E-state index contributed by atoms with van der Waals surface area (Å²) < 4.78 is 16.4. The second kappa shape index (κ2) is 1.94. The third-order valence-electron chi connectivity index (χ3n) is 0.879. The second-order valence-corrected chi connectivity index (χ2v) is 1.47. The van der Waals surface area contributed by atoms with Gasteiger partial charge in [-0.15, -0.1) is 0 Å². The first-order valence-corrected chi connectivity index (χ1v) is 2.44. The summed E-state index contributed by atoms with van der Waals surface area (Å²) >= 11 is 0. The third-order valence-corrected chi connectivity index (χ3v) is 0.879. The smallest absolute Gasteiger partial charge is 0.253 e. The summed E-state index contributed by atoms with van der Waals surface area (Å²) in [6.45, 7) is 1.87. The standard InChI is InChI=1S/C5H6FNO/c1-2-4-3-5(6)7-8-4/h3H,2H2,1H3. The zero-order chi connectivity index (χ0) is 5.98. The quantitative estimate of drug-likeness (QED) is 0.552. The van der Waals surface area contributed by atoms with Crippen molar-refractivity contribution in [3.8, 4) is 0 Å². The van der Waals surface area contributed by atoms with Crippen LogP contribution in [0.3, 0.4) is 0 Å². The molecule has 8 heavy (non-hydrogen) atoms. The van der Waals surface area contributed by atoms with Gasteiger partial charge in [-0.2, -0.15) is 4.39 Å². The van der Waals surface area contributed by atoms with Crippen molar-refractivity contribution in [1.82, 2.24) is 5.16 Å². The molecular weight excluding hydrogens is 109 g/mol. The van der Waals surface area contributed by atoms with E-state index in [4.69, 9.17) is 0 Å². The Morgan fingerprint density at radius 3 is 2.88 bits per heavy atom. The number of hydrogen-bond acceptors (Lipinski definition) is 2. The number of hydrogen-bond donors (Lipinski definition) is 0. The van der Waals surface area contributed by atoms with Gasteiger partial charge >= 0.3 is 0 Å². The van der Waals surface area contributed by atoms with Crippen molar-refractivity contribution in [2.75, 3.05) is 0 Å². The first-order chi connectivity index (χ1) is 3.83. The molecule has 0 saturated heterocycles. The fourth-order valence-electron chi connectivity index (χ4n) is 0.454. The van der Waals surface area contributed by atoms with Crippen LogP contribution in [0.4, 0.5) is 4.39 Å². The molecule has 1 rings (SSSR count). The van der Waals surface area contributed by atoms with Gasteiger partial charge < -0.3 is 4.52 Å². The number of rotatable bonds is 1. The van der Waals surface area contributed by atoms with Gasteiger partial charge in [0.2, 0.25) is 0 Å². The molecule has 0 saturated carbocycles. The van der Waals surface area contributed by atoms with Crippen LogP contribution in [0.2, 0.25) is 0 Å². The maximum atomic E-state index is 11.9. The lowest BCUT2D eigenvalue weighted by molar-refractivity contribution is 0.353. The van der Waals surface area contributed by atoms with E-state index in [0.717, 1.165) is 0 Å². The molecule has 0 unspecified atom stereocenters. The fourth-order valence-corrected chi connectivity index (χ4v) is 0.454. The molecule has 0 bridgehead atoms. The van der Waals surface area contributed by atoms with Crippen molar-refractivity contribution in [3.63, 3.8) is 0 Å². The Kier molecular flexibility index (Phi) is 1.28. The molecule has 1 aromatic heterocycles. The van der Waals surface area contributed by atoms with Gasteiger partial charge in [-0.1, -0.05) is 6.92 Å². The monoisotopic (exact) mass is 115 g/mol. The van der Waals surface area contributed by atoms with Crippen LogP contribution in [-0.4, -0.2) is 5.16 Å². The molecule has 0 aliphatic carbocycles. The minimum Gasteiger partial charge on any atom is -0.358 e. The molecule has 44 valence electrons. The van der Waals surface area contributed by atoms with Gasteiger partial charge in [-0.05, 0) is 5.16 Å². The molecule has 0 atom stereocenters. The number of aromatic nitrogens is 1. The molecule has 3 heteroatoms. The second-order valence-electron chi connectivity index (χ2n) is 1.47. The summed E-state index contributed by atoms with van der Waals surface area (Å²) in [4.78, 5) is 0. The zero-order valence-corrected chi connectivity index (χ0v) is 4.52. The molecule has 0 amide bonds. The van der Waals surface area contributed by atoms with Crippen LogP contribution in [0.25, 0.3) is 0 Å². The Balaban J connectivity index is 2.84. The Hall–Kier alpha value is -0.860. The van der Waals surface area contributed by atoms with Crippen LogP contribution in [0.1, 0.15) is 12.7 Å². The molecule has 1 aromatic rings. The molecule has 2 nitrogen and oxygen atoms in total. The average molecular weight is 115 g/mol. The first-order valence-electron chi connectivity index (χ1n) is 2.44. The van der Waals surface area contributed by atoms with Crippen molar-refractivity contribution in [3.05, 3.63) is 17.8 Å². The highest BCUT2D eigenvalue weighted by molar-refractivity contribution is 4.93. The van der Waals surface area contributed by atoms with Gasteiger partial charge in [-0.3, -0.25) is 0 Å². The topological polar surface area (TPSA) is 26.0 Å². The van der Waals surface area contributed by atoms with Crippen LogP contribution < -0.4 is 0 Å². The van der Waals surface area contributed by atoms with Crippen LogP contribution in [-0.2, 0) is 6.42 Å². The van der Waals surface area contributed by atoms with E-state index in [2.05, 4.69) is 9.68 Å². The number of aryl methyl sites for hydroxylation is 1. The average Bonchev–Trinajstić information content (AvgIpc) is 2.14. The molecule has 1 heterocycles. The normalized spacial score (nSPS) is 9.75. The number of nitrogens with zero attached hydrogens (tertiary/aromatic N) is 1. The highest BCUT2D eigenvalue weighted by atomic mass is 19.1. The van der Waals surface area contributed by atoms with Gasteiger partial charge in [-0.25, -0.2) is 0 Å². The van der Waals surface area contributed by atoms with E-state index >= 15 is 0 Å². The van der Waals surface area contributed by atoms with Crippen molar-refractivity contribution < 1.29 is 8.91 Å². The summed E-state index contributed by atoms with van der Waals surface area (Å²) in [7, 11) is 0. The van der Waals surface area contributed by atoms with Gasteiger partial charge in [0.05, 0.1) is 0 Å². The van der Waals surface area contributed by atoms with E-state index < -0.39 is 5.95 Å². The van der Waals surface area contributed by atoms with Gasteiger partial charge in [0.15, 0.2) is 0 Å². The summed E-state index contributed by atoms with van der Waals surface area (Å²) in [5.74, 6) is 0.0457. The highest BCUT2D eigenvalue weighted by Crippen LogP contribution is 2.00. The summed E-state index contributed by atoms with van der Waals surface area (Å²) in [6, 6.07) is 1.28. The summed E-state index contributed by atoms with van der Waals surface area (Å²) in [5.41, 5.74) is 0. The zero-order valence-electron chi connectivity index (χ0n) is 4.52. The lowest BCUT2D eigenvalue weighted by Crippen LogP contribution is -1.68. The van der Waals surface area contributed by atoms with Gasteiger partial charge in [0.1, 0.15) is 5.76 Å². The highest BCUT2D eigenvalue weighted by Gasteiger charge is 1.97. The third kappa shape index (κ3) is 0.857. The Labute approximate surface area is 46.3 Å². The molecule has 0 aromatic carbocycles. The van der Waals surface area contributed by atoms with E-state index in [0.29, 0.717) is 12.2 Å². The van der Waals surface area contributed by atoms with Crippen LogP contribution in [0, 0.1) is 5.95 Å². The van der Waals surface area contributed by atoms with Crippen LogP contribution in [0.5, 0.6) is 0 Å². The van der Waals surface area contributed by atoms with Gasteiger partial charge in [0, 0.05) is 12.5 Å². The van der Waals surface area contributed by atoms with E-state index in [9.17, 15) is 4.39 Å². The van der Waals surface area contributed by atoms with Crippen molar-refractivity contribution in [1.29, 1.82) is 0 Å². The van der Waals surface area contributed by atoms with E-state index in [1.165, 1.54) is 6.07 Å². The molecule has 0 spiro atoms. The van der Waals surface area contributed by atoms with Gasteiger partial charge in [0.25, 0.3) is 5.95 Å². The predicted octanol–water partition coefficient (Wildman–Crippen LogP) is 1.38. The van der Waals surface area contributed by atoms with Crippen molar-refractivity contribution in [2.24, 2.45) is 0 Å². The minimum atomic E-state index is -0.540. The van der Waals surface area contributed by atoms with Crippen molar-refractivity contribution in [2.45, 2.75) is 13.3 Å². The molecule has 0 fully saturated rings. The maximum Gasteiger partial charge on any atom is 0.253 e. The lowest BCUT2D eigenvalue weighted by Gasteiger charge is -1.75. The minimum absolute atomic E-state index is 0.540. The predicted molar refractivity (Wildman–Crippen MR) is 25.8 cm³/mol. The van der Waals surface area contributed by atoms with E-state index in [1.54, 1.807) is 0 Å². The lowest BCUT2D eigenvalue weighted by atomic mass is 10.4. The fraction of sp³-hybridized carbons (Fsp3) is 0.400.